The first-order valence-electron chi connectivity index (χ1n) is 9.72. The standard InChI is InChI=1S/C23H26NO5PS/c1-18-9-15-22(16-10-18)31(26,27)24-17-23(30(25,28-2)29-3)21-13-11-20(12-14-21)19-7-5-4-6-8-19/h4-16,23-24H,17H2,1-3H3. The van der Waals surface area contributed by atoms with E-state index in [4.69, 9.17) is 9.05 Å². The minimum atomic E-state index is -3.79. The lowest BCUT2D eigenvalue weighted by molar-refractivity contribution is 0.265. The third kappa shape index (κ3) is 5.50. The average Bonchev–Trinajstić information content (AvgIpc) is 2.80. The quantitative estimate of drug-likeness (QED) is 0.447. The number of sulfonamides is 1. The smallest absolute Gasteiger partial charge is 0.311 e. The van der Waals surface area contributed by atoms with Gasteiger partial charge in [0.05, 0.1) is 10.6 Å². The van der Waals surface area contributed by atoms with Crippen LogP contribution in [0.4, 0.5) is 0 Å². The summed E-state index contributed by atoms with van der Waals surface area (Å²) in [5.41, 5.74) is 2.84. The van der Waals surface area contributed by atoms with E-state index in [2.05, 4.69) is 4.72 Å². The zero-order valence-corrected chi connectivity index (χ0v) is 19.4. The highest BCUT2D eigenvalue weighted by Crippen LogP contribution is 2.59. The van der Waals surface area contributed by atoms with Gasteiger partial charge in [-0.1, -0.05) is 72.3 Å². The maximum Gasteiger partial charge on any atom is 0.338 e. The van der Waals surface area contributed by atoms with Crippen molar-refractivity contribution >= 4 is 17.6 Å². The topological polar surface area (TPSA) is 81.7 Å². The minimum Gasteiger partial charge on any atom is -0.311 e. The highest BCUT2D eigenvalue weighted by Gasteiger charge is 2.36. The van der Waals surface area contributed by atoms with Gasteiger partial charge in [0.2, 0.25) is 10.0 Å². The van der Waals surface area contributed by atoms with Crippen molar-refractivity contribution in [2.24, 2.45) is 0 Å². The normalized spacial score (nSPS) is 13.1. The van der Waals surface area contributed by atoms with Crippen LogP contribution in [0, 0.1) is 6.92 Å². The maximum atomic E-state index is 13.2. The molecule has 1 unspecified atom stereocenters. The second-order valence-electron chi connectivity index (χ2n) is 7.07. The van der Waals surface area contributed by atoms with E-state index in [1.54, 1.807) is 12.1 Å². The number of nitrogens with one attached hydrogen (secondary N) is 1. The first-order chi connectivity index (χ1) is 14.8. The summed E-state index contributed by atoms with van der Waals surface area (Å²) in [6.07, 6.45) is 0. The summed E-state index contributed by atoms with van der Waals surface area (Å²) in [5, 5.41) is 0. The van der Waals surface area contributed by atoms with E-state index in [0.29, 0.717) is 5.56 Å². The molecule has 0 aliphatic heterocycles. The molecule has 31 heavy (non-hydrogen) atoms. The molecule has 1 atom stereocenters. The summed E-state index contributed by atoms with van der Waals surface area (Å²) in [7, 11) is -4.81. The van der Waals surface area contributed by atoms with Gasteiger partial charge in [0.15, 0.2) is 0 Å². The van der Waals surface area contributed by atoms with Gasteiger partial charge in [0, 0.05) is 20.8 Å². The average molecular weight is 460 g/mol. The molecule has 1 N–H and O–H groups in total. The van der Waals surface area contributed by atoms with Crippen molar-refractivity contribution in [3.63, 3.8) is 0 Å². The van der Waals surface area contributed by atoms with Crippen LogP contribution in [0.1, 0.15) is 16.8 Å². The molecule has 0 amide bonds. The zero-order valence-electron chi connectivity index (χ0n) is 17.7. The lowest BCUT2D eigenvalue weighted by Gasteiger charge is -2.25. The van der Waals surface area contributed by atoms with Gasteiger partial charge < -0.3 is 9.05 Å². The number of hydrogen-bond acceptors (Lipinski definition) is 5. The van der Waals surface area contributed by atoms with Crippen molar-refractivity contribution in [1.82, 2.24) is 4.72 Å². The third-order valence-electron chi connectivity index (χ3n) is 5.09. The van der Waals surface area contributed by atoms with E-state index in [0.717, 1.165) is 16.7 Å². The van der Waals surface area contributed by atoms with Crippen LogP contribution in [0.5, 0.6) is 0 Å². The van der Waals surface area contributed by atoms with Gasteiger partial charge in [-0.05, 0) is 35.7 Å². The van der Waals surface area contributed by atoms with Crippen LogP contribution in [0.15, 0.2) is 83.8 Å². The molecule has 0 aliphatic rings. The van der Waals surface area contributed by atoms with E-state index in [9.17, 15) is 13.0 Å². The molecule has 0 aliphatic carbocycles. The highest BCUT2D eigenvalue weighted by molar-refractivity contribution is 7.89. The fraction of sp³-hybridized carbons (Fsp3) is 0.217. The van der Waals surface area contributed by atoms with Gasteiger partial charge in [-0.2, -0.15) is 0 Å². The Morgan fingerprint density at radius 3 is 1.94 bits per heavy atom. The van der Waals surface area contributed by atoms with Crippen molar-refractivity contribution in [2.75, 3.05) is 20.8 Å². The Morgan fingerprint density at radius 1 is 0.839 bits per heavy atom. The second-order valence-corrected chi connectivity index (χ2v) is 11.3. The second kappa shape index (κ2) is 9.90. The van der Waals surface area contributed by atoms with Crippen LogP contribution in [-0.4, -0.2) is 29.2 Å². The van der Waals surface area contributed by atoms with Crippen molar-refractivity contribution < 1.29 is 22.0 Å². The lowest BCUT2D eigenvalue weighted by atomic mass is 10.0. The summed E-state index contributed by atoms with van der Waals surface area (Å²) < 4.78 is 51.7. The Balaban J connectivity index is 1.88. The van der Waals surface area contributed by atoms with E-state index in [-0.39, 0.29) is 11.4 Å². The predicted molar refractivity (Wildman–Crippen MR) is 123 cm³/mol. The number of aryl methyl sites for hydroxylation is 1. The van der Waals surface area contributed by atoms with Crippen molar-refractivity contribution in [1.29, 1.82) is 0 Å². The van der Waals surface area contributed by atoms with Gasteiger partial charge >= 0.3 is 7.60 Å². The molecular weight excluding hydrogens is 433 g/mol. The molecule has 0 radical (unpaired) electrons. The molecule has 0 spiro atoms. The van der Waals surface area contributed by atoms with Crippen molar-refractivity contribution in [3.05, 3.63) is 90.0 Å². The Hall–Kier alpha value is -2.28. The Morgan fingerprint density at radius 2 is 1.39 bits per heavy atom. The van der Waals surface area contributed by atoms with Crippen LogP contribution in [-0.2, 0) is 23.6 Å². The SMILES string of the molecule is COP(=O)(OC)C(CNS(=O)(=O)c1ccc(C)cc1)c1ccc(-c2ccccc2)cc1. The van der Waals surface area contributed by atoms with Gasteiger partial charge in [-0.25, -0.2) is 13.1 Å². The molecule has 0 heterocycles. The van der Waals surface area contributed by atoms with Crippen LogP contribution in [0.2, 0.25) is 0 Å². The fourth-order valence-electron chi connectivity index (χ4n) is 3.26. The van der Waals surface area contributed by atoms with Gasteiger partial charge in [-0.3, -0.25) is 4.57 Å². The molecule has 0 fully saturated rings. The van der Waals surface area contributed by atoms with Gasteiger partial charge in [-0.15, -0.1) is 0 Å². The molecule has 3 aromatic carbocycles. The molecule has 3 aromatic rings. The van der Waals surface area contributed by atoms with E-state index < -0.39 is 23.3 Å². The van der Waals surface area contributed by atoms with Crippen molar-refractivity contribution in [3.8, 4) is 11.1 Å². The first kappa shape index (κ1) is 23.4. The van der Waals surface area contributed by atoms with Gasteiger partial charge in [0.1, 0.15) is 0 Å². The summed E-state index contributed by atoms with van der Waals surface area (Å²) in [5.74, 6) is 0. The Bertz CT molecular complexity index is 1140. The Labute approximate surface area is 183 Å². The third-order valence-corrected chi connectivity index (χ3v) is 8.79. The molecule has 0 saturated carbocycles. The van der Waals surface area contributed by atoms with E-state index in [1.807, 2.05) is 61.5 Å². The summed E-state index contributed by atoms with van der Waals surface area (Å²) in [6, 6.07) is 23.8. The summed E-state index contributed by atoms with van der Waals surface area (Å²) >= 11 is 0. The molecule has 8 heteroatoms. The zero-order chi connectivity index (χ0) is 22.5. The fourth-order valence-corrected chi connectivity index (χ4v) is 5.94. The molecule has 0 bridgehead atoms. The van der Waals surface area contributed by atoms with Crippen LogP contribution in [0.25, 0.3) is 11.1 Å². The molecule has 3 rings (SSSR count). The monoisotopic (exact) mass is 459 g/mol. The highest BCUT2D eigenvalue weighted by atomic mass is 32.2. The van der Waals surface area contributed by atoms with Crippen LogP contribution >= 0.6 is 7.60 Å². The number of hydrogen-bond donors (Lipinski definition) is 1. The molecular formula is C23H26NO5PS. The lowest BCUT2D eigenvalue weighted by Crippen LogP contribution is -2.29. The van der Waals surface area contributed by atoms with E-state index >= 15 is 0 Å². The summed E-state index contributed by atoms with van der Waals surface area (Å²) in [4.78, 5) is 0.140. The predicted octanol–water partition coefficient (Wildman–Crippen LogP) is 5.17. The van der Waals surface area contributed by atoms with Crippen LogP contribution in [0.3, 0.4) is 0 Å². The number of benzene rings is 3. The maximum absolute atomic E-state index is 13.2. The molecule has 0 saturated heterocycles. The molecule has 164 valence electrons. The van der Waals surface area contributed by atoms with E-state index in [1.165, 1.54) is 26.4 Å². The minimum absolute atomic E-state index is 0.139. The molecule has 0 aromatic heterocycles. The number of rotatable bonds is 9. The molecule has 6 nitrogen and oxygen atoms in total. The first-order valence-corrected chi connectivity index (χ1v) is 12.8. The largest absolute Gasteiger partial charge is 0.338 e. The van der Waals surface area contributed by atoms with Crippen LogP contribution < -0.4 is 4.72 Å². The van der Waals surface area contributed by atoms with Crippen molar-refractivity contribution in [2.45, 2.75) is 17.5 Å². The summed E-state index contributed by atoms with van der Waals surface area (Å²) in [6.45, 7) is 1.74. The van der Waals surface area contributed by atoms with Gasteiger partial charge in [0.25, 0.3) is 0 Å². The Kier molecular flexibility index (Phi) is 7.46.